The van der Waals surface area contributed by atoms with E-state index in [2.05, 4.69) is 9.82 Å². The van der Waals surface area contributed by atoms with E-state index in [4.69, 9.17) is 23.2 Å². The van der Waals surface area contributed by atoms with E-state index < -0.39 is 15.4 Å². The fourth-order valence-corrected chi connectivity index (χ4v) is 3.82. The maximum Gasteiger partial charge on any atom is 0.265 e. The van der Waals surface area contributed by atoms with Gasteiger partial charge >= 0.3 is 0 Å². The summed E-state index contributed by atoms with van der Waals surface area (Å²) in [5, 5.41) is 5.12. The van der Waals surface area contributed by atoms with Gasteiger partial charge in [0.05, 0.1) is 21.4 Å². The molecule has 2 rings (SSSR count). The van der Waals surface area contributed by atoms with Crippen molar-refractivity contribution in [1.82, 2.24) is 9.78 Å². The second-order valence-corrected chi connectivity index (χ2v) is 9.37. The van der Waals surface area contributed by atoms with Gasteiger partial charge in [-0.25, -0.2) is 8.42 Å². The average Bonchev–Trinajstić information content (AvgIpc) is 2.89. The van der Waals surface area contributed by atoms with Crippen molar-refractivity contribution >= 4 is 38.9 Å². The van der Waals surface area contributed by atoms with Gasteiger partial charge in [0.1, 0.15) is 4.90 Å². The molecule has 8 heteroatoms. The van der Waals surface area contributed by atoms with Crippen LogP contribution in [-0.4, -0.2) is 18.2 Å². The minimum Gasteiger partial charge on any atom is -0.279 e. The summed E-state index contributed by atoms with van der Waals surface area (Å²) in [6.07, 6.45) is 1.56. The standard InChI is InChI=1S/C16H21Cl2N3O2S/c1-10(2)21-9-14(15(19-21)16(3,4)5)24(22,23)20-11-6-7-12(17)13(18)8-11/h6-10,20H,1-5H3. The first kappa shape index (κ1) is 19.1. The second kappa shape index (κ2) is 6.58. The van der Waals surface area contributed by atoms with Crippen molar-refractivity contribution in [3.63, 3.8) is 0 Å². The topological polar surface area (TPSA) is 64.0 Å². The van der Waals surface area contributed by atoms with Crippen LogP contribution < -0.4 is 4.72 Å². The molecule has 0 bridgehead atoms. The lowest BCUT2D eigenvalue weighted by Gasteiger charge is -2.18. The quantitative estimate of drug-likeness (QED) is 0.810. The summed E-state index contributed by atoms with van der Waals surface area (Å²) in [4.78, 5) is 0.162. The fourth-order valence-electron chi connectivity index (χ4n) is 2.13. The Morgan fingerprint density at radius 1 is 1.17 bits per heavy atom. The Morgan fingerprint density at radius 2 is 1.79 bits per heavy atom. The van der Waals surface area contributed by atoms with Gasteiger partial charge in [0.15, 0.2) is 0 Å². The Labute approximate surface area is 153 Å². The highest BCUT2D eigenvalue weighted by atomic mass is 35.5. The Bertz CT molecular complexity index is 853. The van der Waals surface area contributed by atoms with Crippen LogP contribution >= 0.6 is 23.2 Å². The van der Waals surface area contributed by atoms with Crippen molar-refractivity contribution in [3.8, 4) is 0 Å². The molecule has 0 fully saturated rings. The summed E-state index contributed by atoms with van der Waals surface area (Å²) in [7, 11) is -3.80. The number of sulfonamides is 1. The normalized spacial score (nSPS) is 12.7. The third-order valence-corrected chi connectivity index (χ3v) is 5.52. The van der Waals surface area contributed by atoms with Crippen LogP contribution in [0.3, 0.4) is 0 Å². The van der Waals surface area contributed by atoms with E-state index in [0.29, 0.717) is 16.4 Å². The van der Waals surface area contributed by atoms with Gasteiger partial charge in [0.25, 0.3) is 10.0 Å². The molecule has 0 unspecified atom stereocenters. The Kier molecular flexibility index (Phi) is 5.23. The summed E-state index contributed by atoms with van der Waals surface area (Å²) < 4.78 is 29.9. The predicted molar refractivity (Wildman–Crippen MR) is 98.6 cm³/mol. The van der Waals surface area contributed by atoms with Crippen LogP contribution in [0.25, 0.3) is 0 Å². The Hall–Kier alpha value is -1.24. The molecule has 5 nitrogen and oxygen atoms in total. The molecule has 0 saturated heterocycles. The molecule has 0 atom stereocenters. The van der Waals surface area contributed by atoms with Crippen molar-refractivity contribution in [3.05, 3.63) is 40.1 Å². The van der Waals surface area contributed by atoms with E-state index in [-0.39, 0.29) is 16.0 Å². The maximum absolute atomic E-state index is 12.9. The highest BCUT2D eigenvalue weighted by Gasteiger charge is 2.30. The molecular formula is C16H21Cl2N3O2S. The first-order valence-electron chi connectivity index (χ1n) is 7.49. The summed E-state index contributed by atoms with van der Waals surface area (Å²) in [5.74, 6) is 0. The van der Waals surface area contributed by atoms with Crippen molar-refractivity contribution in [2.24, 2.45) is 0 Å². The van der Waals surface area contributed by atoms with Crippen LogP contribution in [0.4, 0.5) is 5.69 Å². The molecule has 24 heavy (non-hydrogen) atoms. The minimum absolute atomic E-state index is 0.0556. The number of benzene rings is 1. The highest BCUT2D eigenvalue weighted by Crippen LogP contribution is 2.31. The van der Waals surface area contributed by atoms with Crippen LogP contribution in [0.1, 0.15) is 46.4 Å². The van der Waals surface area contributed by atoms with Gasteiger partial charge in [-0.3, -0.25) is 9.40 Å². The molecule has 0 radical (unpaired) electrons. The van der Waals surface area contributed by atoms with Gasteiger partial charge in [-0.15, -0.1) is 0 Å². The second-order valence-electron chi connectivity index (χ2n) is 6.90. The van der Waals surface area contributed by atoms with Crippen LogP contribution in [-0.2, 0) is 15.4 Å². The van der Waals surface area contributed by atoms with Gasteiger partial charge in [0, 0.05) is 17.7 Å². The third-order valence-electron chi connectivity index (χ3n) is 3.40. The smallest absolute Gasteiger partial charge is 0.265 e. The molecule has 2 aromatic rings. The molecule has 0 aliphatic carbocycles. The van der Waals surface area contributed by atoms with Gasteiger partial charge in [-0.05, 0) is 32.0 Å². The lowest BCUT2D eigenvalue weighted by molar-refractivity contribution is 0.493. The van der Waals surface area contributed by atoms with Crippen LogP contribution in [0.15, 0.2) is 29.3 Å². The van der Waals surface area contributed by atoms with Crippen LogP contribution in [0.5, 0.6) is 0 Å². The van der Waals surface area contributed by atoms with Gasteiger partial charge < -0.3 is 0 Å². The molecule has 132 valence electrons. The first-order chi connectivity index (χ1) is 10.9. The van der Waals surface area contributed by atoms with Gasteiger partial charge in [-0.2, -0.15) is 5.10 Å². The fraction of sp³-hybridized carbons (Fsp3) is 0.438. The van der Waals surface area contributed by atoms with Crippen molar-refractivity contribution in [2.45, 2.75) is 51.0 Å². The number of hydrogen-bond donors (Lipinski definition) is 1. The Morgan fingerprint density at radius 3 is 2.29 bits per heavy atom. The molecule has 0 aliphatic heterocycles. The largest absolute Gasteiger partial charge is 0.279 e. The van der Waals surface area contributed by atoms with E-state index in [0.717, 1.165) is 0 Å². The molecular weight excluding hydrogens is 369 g/mol. The number of nitrogens with one attached hydrogen (secondary N) is 1. The van der Waals surface area contributed by atoms with E-state index in [1.54, 1.807) is 23.0 Å². The van der Waals surface area contributed by atoms with Crippen LogP contribution in [0.2, 0.25) is 10.0 Å². The zero-order valence-electron chi connectivity index (χ0n) is 14.3. The summed E-state index contributed by atoms with van der Waals surface area (Å²) in [6, 6.07) is 4.64. The Balaban J connectivity index is 2.50. The minimum atomic E-state index is -3.80. The molecule has 1 heterocycles. The summed E-state index contributed by atoms with van der Waals surface area (Å²) in [5.41, 5.74) is 0.451. The number of aromatic nitrogens is 2. The van der Waals surface area contributed by atoms with Gasteiger partial charge in [0.2, 0.25) is 0 Å². The molecule has 1 N–H and O–H groups in total. The van der Waals surface area contributed by atoms with Crippen LogP contribution in [0, 0.1) is 0 Å². The molecule has 0 amide bonds. The van der Waals surface area contributed by atoms with E-state index in [9.17, 15) is 8.42 Å². The monoisotopic (exact) mass is 389 g/mol. The molecule has 0 saturated carbocycles. The predicted octanol–water partition coefficient (Wildman–Crippen LogP) is 4.87. The number of anilines is 1. The summed E-state index contributed by atoms with van der Waals surface area (Å²) >= 11 is 11.8. The maximum atomic E-state index is 12.9. The lowest BCUT2D eigenvalue weighted by atomic mass is 9.92. The third kappa shape index (κ3) is 4.05. The number of nitrogens with zero attached hydrogens (tertiary/aromatic N) is 2. The van der Waals surface area contributed by atoms with Crippen molar-refractivity contribution < 1.29 is 8.42 Å². The average molecular weight is 390 g/mol. The molecule has 0 spiro atoms. The number of halogens is 2. The van der Waals surface area contributed by atoms with Crippen molar-refractivity contribution in [2.75, 3.05) is 4.72 Å². The van der Waals surface area contributed by atoms with E-state index in [1.165, 1.54) is 6.07 Å². The number of rotatable bonds is 4. The van der Waals surface area contributed by atoms with E-state index >= 15 is 0 Å². The highest BCUT2D eigenvalue weighted by molar-refractivity contribution is 7.92. The zero-order chi connectivity index (χ0) is 18.3. The molecule has 1 aromatic heterocycles. The first-order valence-corrected chi connectivity index (χ1v) is 9.73. The molecule has 0 aliphatic rings. The SMILES string of the molecule is CC(C)n1cc(S(=O)(=O)Nc2ccc(Cl)c(Cl)c2)c(C(C)(C)C)n1. The van der Waals surface area contributed by atoms with Crippen molar-refractivity contribution in [1.29, 1.82) is 0 Å². The number of hydrogen-bond acceptors (Lipinski definition) is 3. The zero-order valence-corrected chi connectivity index (χ0v) is 16.6. The van der Waals surface area contributed by atoms with Gasteiger partial charge in [-0.1, -0.05) is 44.0 Å². The molecule has 1 aromatic carbocycles. The lowest BCUT2D eigenvalue weighted by Crippen LogP contribution is -2.20. The summed E-state index contributed by atoms with van der Waals surface area (Å²) in [6.45, 7) is 9.68. The van der Waals surface area contributed by atoms with E-state index in [1.807, 2.05) is 34.6 Å².